The van der Waals surface area contributed by atoms with Crippen molar-refractivity contribution in [1.82, 2.24) is 15.5 Å². The number of urea groups is 1. The number of aliphatic hydroxyl groups is 1. The highest BCUT2D eigenvalue weighted by Crippen LogP contribution is 1.89. The van der Waals surface area contributed by atoms with Crippen molar-refractivity contribution in [2.75, 3.05) is 26.7 Å². The molecule has 8 nitrogen and oxygen atoms in total. The summed E-state index contributed by atoms with van der Waals surface area (Å²) >= 11 is 0. The SMILES string of the molecule is CCCNC(=O)CN(C)C(=O)N[C@@H](CO)C(=O)O. The first kappa shape index (κ1) is 16.2. The molecule has 0 spiro atoms. The molecule has 0 aromatic rings. The number of hydrogen-bond acceptors (Lipinski definition) is 4. The zero-order valence-electron chi connectivity index (χ0n) is 10.5. The molecule has 0 aromatic heterocycles. The topological polar surface area (TPSA) is 119 Å². The lowest BCUT2D eigenvalue weighted by atomic mass is 10.3. The zero-order valence-corrected chi connectivity index (χ0v) is 10.5. The monoisotopic (exact) mass is 261 g/mol. The highest BCUT2D eigenvalue weighted by Gasteiger charge is 2.21. The zero-order chi connectivity index (χ0) is 14.1. The third kappa shape index (κ3) is 6.04. The summed E-state index contributed by atoms with van der Waals surface area (Å²) in [7, 11) is 1.36. The summed E-state index contributed by atoms with van der Waals surface area (Å²) in [4.78, 5) is 34.4. The molecule has 8 heteroatoms. The van der Waals surface area contributed by atoms with Crippen LogP contribution in [0.3, 0.4) is 0 Å². The van der Waals surface area contributed by atoms with E-state index in [9.17, 15) is 14.4 Å². The van der Waals surface area contributed by atoms with Crippen LogP contribution in [0.2, 0.25) is 0 Å². The average Bonchev–Trinajstić information content (AvgIpc) is 2.32. The molecular weight excluding hydrogens is 242 g/mol. The standard InChI is InChI=1S/C10H19N3O5/c1-3-4-11-8(15)5-13(2)10(18)12-7(6-14)9(16)17/h7,14H,3-6H2,1-2H3,(H,11,15)(H,12,18)(H,16,17)/t7-/m0/s1. The van der Waals surface area contributed by atoms with E-state index < -0.39 is 24.6 Å². The van der Waals surface area contributed by atoms with Gasteiger partial charge in [-0.1, -0.05) is 6.92 Å². The van der Waals surface area contributed by atoms with E-state index in [-0.39, 0.29) is 12.5 Å². The second-order valence-electron chi connectivity index (χ2n) is 3.73. The average molecular weight is 261 g/mol. The second kappa shape index (κ2) is 8.29. The fourth-order valence-corrected chi connectivity index (χ4v) is 1.05. The number of aliphatic carboxylic acids is 1. The number of nitrogens with one attached hydrogen (secondary N) is 2. The Morgan fingerprint density at radius 2 is 1.94 bits per heavy atom. The van der Waals surface area contributed by atoms with Gasteiger partial charge in [0, 0.05) is 13.6 Å². The summed E-state index contributed by atoms with van der Waals surface area (Å²) in [6, 6.07) is -2.11. The van der Waals surface area contributed by atoms with E-state index in [0.29, 0.717) is 6.54 Å². The van der Waals surface area contributed by atoms with Crippen molar-refractivity contribution < 1.29 is 24.6 Å². The molecule has 0 aromatic carbocycles. The van der Waals surface area contributed by atoms with E-state index in [1.807, 2.05) is 6.92 Å². The van der Waals surface area contributed by atoms with Gasteiger partial charge in [0.25, 0.3) is 0 Å². The summed E-state index contributed by atoms with van der Waals surface area (Å²) in [5, 5.41) is 22.0. The van der Waals surface area contributed by atoms with Crippen LogP contribution in [0.15, 0.2) is 0 Å². The normalized spacial score (nSPS) is 11.5. The smallest absolute Gasteiger partial charge is 0.328 e. The third-order valence-electron chi connectivity index (χ3n) is 2.08. The molecule has 0 aliphatic carbocycles. The van der Waals surface area contributed by atoms with Gasteiger partial charge in [0.05, 0.1) is 6.61 Å². The van der Waals surface area contributed by atoms with Gasteiger partial charge in [-0.2, -0.15) is 0 Å². The van der Waals surface area contributed by atoms with Crippen LogP contribution < -0.4 is 10.6 Å². The Morgan fingerprint density at radius 3 is 2.39 bits per heavy atom. The first-order valence-corrected chi connectivity index (χ1v) is 5.54. The lowest BCUT2D eigenvalue weighted by Crippen LogP contribution is -2.50. The lowest BCUT2D eigenvalue weighted by molar-refractivity contribution is -0.140. The highest BCUT2D eigenvalue weighted by molar-refractivity contribution is 5.86. The molecule has 3 amide bonds. The van der Waals surface area contributed by atoms with Crippen LogP contribution in [0, 0.1) is 0 Å². The van der Waals surface area contributed by atoms with Gasteiger partial charge in [0.1, 0.15) is 6.54 Å². The molecule has 0 heterocycles. The lowest BCUT2D eigenvalue weighted by Gasteiger charge is -2.19. The molecule has 0 saturated heterocycles. The highest BCUT2D eigenvalue weighted by atomic mass is 16.4. The van der Waals surface area contributed by atoms with Crippen molar-refractivity contribution in [3.63, 3.8) is 0 Å². The number of hydrogen-bond donors (Lipinski definition) is 4. The third-order valence-corrected chi connectivity index (χ3v) is 2.08. The van der Waals surface area contributed by atoms with E-state index in [1.54, 1.807) is 0 Å². The van der Waals surface area contributed by atoms with E-state index in [0.717, 1.165) is 11.3 Å². The van der Waals surface area contributed by atoms with Crippen LogP contribution in [-0.4, -0.2) is 65.8 Å². The fraction of sp³-hybridized carbons (Fsp3) is 0.700. The number of rotatable bonds is 7. The van der Waals surface area contributed by atoms with Gasteiger partial charge in [-0.25, -0.2) is 9.59 Å². The summed E-state index contributed by atoms with van der Waals surface area (Å²) in [5.41, 5.74) is 0. The quantitative estimate of drug-likeness (QED) is 0.449. The first-order chi connectivity index (χ1) is 8.42. The number of amides is 3. The molecule has 0 aliphatic heterocycles. The van der Waals surface area contributed by atoms with Crippen LogP contribution >= 0.6 is 0 Å². The molecule has 0 aliphatic rings. The Hall–Kier alpha value is -1.83. The van der Waals surface area contributed by atoms with Gasteiger partial charge in [-0.15, -0.1) is 0 Å². The van der Waals surface area contributed by atoms with Gasteiger partial charge in [0.2, 0.25) is 5.91 Å². The Bertz CT molecular complexity index is 308. The minimum Gasteiger partial charge on any atom is -0.480 e. The number of likely N-dealkylation sites (N-methyl/N-ethyl adjacent to an activating group) is 1. The number of carbonyl (C=O) groups excluding carboxylic acids is 2. The first-order valence-electron chi connectivity index (χ1n) is 5.54. The van der Waals surface area contributed by atoms with E-state index >= 15 is 0 Å². The molecule has 0 saturated carbocycles. The van der Waals surface area contributed by atoms with Gasteiger partial charge < -0.3 is 25.7 Å². The second-order valence-corrected chi connectivity index (χ2v) is 3.73. The number of aliphatic hydroxyl groups excluding tert-OH is 1. The minimum absolute atomic E-state index is 0.177. The summed E-state index contributed by atoms with van der Waals surface area (Å²) in [6.45, 7) is 1.53. The van der Waals surface area contributed by atoms with Gasteiger partial charge >= 0.3 is 12.0 Å². The van der Waals surface area contributed by atoms with Crippen LogP contribution in [-0.2, 0) is 9.59 Å². The van der Waals surface area contributed by atoms with Gasteiger partial charge in [-0.05, 0) is 6.42 Å². The molecule has 0 unspecified atom stereocenters. The van der Waals surface area contributed by atoms with Crippen molar-refractivity contribution in [3.05, 3.63) is 0 Å². The molecule has 0 fully saturated rings. The van der Waals surface area contributed by atoms with Crippen LogP contribution in [0.1, 0.15) is 13.3 Å². The summed E-state index contributed by atoms with van der Waals surface area (Å²) in [6.07, 6.45) is 0.785. The van der Waals surface area contributed by atoms with Crippen LogP contribution in [0.5, 0.6) is 0 Å². The molecule has 0 bridgehead atoms. The van der Waals surface area contributed by atoms with Crippen molar-refractivity contribution in [3.8, 4) is 0 Å². The van der Waals surface area contributed by atoms with Crippen molar-refractivity contribution >= 4 is 17.9 Å². The Morgan fingerprint density at radius 1 is 1.33 bits per heavy atom. The van der Waals surface area contributed by atoms with Gasteiger partial charge in [-0.3, -0.25) is 4.79 Å². The summed E-state index contributed by atoms with van der Waals surface area (Å²) in [5.74, 6) is -1.67. The Labute approximate surface area is 105 Å². The maximum Gasteiger partial charge on any atom is 0.328 e. The molecule has 1 atom stereocenters. The van der Waals surface area contributed by atoms with E-state index in [4.69, 9.17) is 10.2 Å². The predicted octanol–water partition coefficient (Wildman–Crippen LogP) is -1.40. The summed E-state index contributed by atoms with van der Waals surface area (Å²) < 4.78 is 0. The number of carbonyl (C=O) groups is 3. The van der Waals surface area contributed by atoms with E-state index in [1.165, 1.54) is 7.05 Å². The maximum absolute atomic E-state index is 11.5. The molecular formula is C10H19N3O5. The molecule has 0 radical (unpaired) electrons. The number of carboxylic acids is 1. The Kier molecular flexibility index (Phi) is 7.45. The molecule has 18 heavy (non-hydrogen) atoms. The van der Waals surface area contributed by atoms with Crippen LogP contribution in [0.4, 0.5) is 4.79 Å². The maximum atomic E-state index is 11.5. The van der Waals surface area contributed by atoms with Crippen molar-refractivity contribution in [2.45, 2.75) is 19.4 Å². The number of nitrogens with zero attached hydrogens (tertiary/aromatic N) is 1. The fourth-order valence-electron chi connectivity index (χ4n) is 1.05. The van der Waals surface area contributed by atoms with Crippen LogP contribution in [0.25, 0.3) is 0 Å². The molecule has 4 N–H and O–H groups in total. The van der Waals surface area contributed by atoms with Gasteiger partial charge in [0.15, 0.2) is 6.04 Å². The Balaban J connectivity index is 4.17. The number of carboxylic acid groups (broad SMARTS) is 1. The van der Waals surface area contributed by atoms with Crippen molar-refractivity contribution in [1.29, 1.82) is 0 Å². The van der Waals surface area contributed by atoms with E-state index in [2.05, 4.69) is 10.6 Å². The molecule has 0 rings (SSSR count). The minimum atomic E-state index is -1.38. The van der Waals surface area contributed by atoms with Crippen molar-refractivity contribution in [2.24, 2.45) is 0 Å². The predicted molar refractivity (Wildman–Crippen MR) is 63.0 cm³/mol. The largest absolute Gasteiger partial charge is 0.480 e. The molecule has 104 valence electrons.